The maximum Gasteiger partial charge on any atom is 0.125 e. The molecule has 94 valence electrons. The first kappa shape index (κ1) is 12.3. The maximum absolute atomic E-state index is 13.0. The van der Waals surface area contributed by atoms with Crippen molar-refractivity contribution in [2.45, 2.75) is 19.5 Å². The lowest BCUT2D eigenvalue weighted by Crippen LogP contribution is -2.49. The van der Waals surface area contributed by atoms with Gasteiger partial charge in [-0.1, -0.05) is 6.07 Å². The summed E-state index contributed by atoms with van der Waals surface area (Å²) in [5.74, 6) is -0.266. The summed E-state index contributed by atoms with van der Waals surface area (Å²) in [6.45, 7) is 6.21. The van der Waals surface area contributed by atoms with Gasteiger partial charge >= 0.3 is 0 Å². The van der Waals surface area contributed by atoms with E-state index in [9.17, 15) is 4.39 Å². The molecule has 1 fully saturated rings. The molecule has 0 spiro atoms. The highest BCUT2D eigenvalue weighted by molar-refractivity contribution is 5.46. The SMILES string of the molecule is CC1CN(C)CCN1Cc1ccc(F)cc1N. The van der Waals surface area contributed by atoms with Gasteiger partial charge in [0.05, 0.1) is 0 Å². The molecule has 1 aromatic carbocycles. The number of hydrogen-bond acceptors (Lipinski definition) is 3. The molecular weight excluding hydrogens is 217 g/mol. The van der Waals surface area contributed by atoms with E-state index in [2.05, 4.69) is 23.8 Å². The van der Waals surface area contributed by atoms with Gasteiger partial charge in [0, 0.05) is 37.9 Å². The third-order valence-corrected chi connectivity index (χ3v) is 3.45. The Bertz CT molecular complexity index is 394. The van der Waals surface area contributed by atoms with E-state index < -0.39 is 0 Å². The molecule has 1 unspecified atom stereocenters. The first-order chi connectivity index (χ1) is 8.06. The minimum absolute atomic E-state index is 0.266. The molecule has 1 aliphatic heterocycles. The third kappa shape index (κ3) is 2.96. The molecule has 1 aromatic rings. The number of nitrogens with two attached hydrogens (primary N) is 1. The Labute approximate surface area is 102 Å². The number of halogens is 1. The van der Waals surface area contributed by atoms with Crippen molar-refractivity contribution in [3.63, 3.8) is 0 Å². The molecule has 3 nitrogen and oxygen atoms in total. The molecule has 0 amide bonds. The van der Waals surface area contributed by atoms with Gasteiger partial charge in [-0.2, -0.15) is 0 Å². The number of hydrogen-bond donors (Lipinski definition) is 1. The molecule has 1 saturated heterocycles. The maximum atomic E-state index is 13.0. The van der Waals surface area contributed by atoms with Crippen LogP contribution in [0.2, 0.25) is 0 Å². The summed E-state index contributed by atoms with van der Waals surface area (Å²) < 4.78 is 13.0. The number of nitrogen functional groups attached to an aromatic ring is 1. The van der Waals surface area contributed by atoms with Gasteiger partial charge in [0.2, 0.25) is 0 Å². The van der Waals surface area contributed by atoms with E-state index in [-0.39, 0.29) is 5.82 Å². The van der Waals surface area contributed by atoms with Crippen molar-refractivity contribution in [2.24, 2.45) is 0 Å². The summed E-state index contributed by atoms with van der Waals surface area (Å²) in [6.07, 6.45) is 0. The normalized spacial score (nSPS) is 22.9. The van der Waals surface area contributed by atoms with Gasteiger partial charge in [-0.05, 0) is 31.7 Å². The van der Waals surface area contributed by atoms with E-state index in [4.69, 9.17) is 5.73 Å². The Hall–Kier alpha value is -1.13. The van der Waals surface area contributed by atoms with Crippen LogP contribution in [-0.4, -0.2) is 42.5 Å². The summed E-state index contributed by atoms with van der Waals surface area (Å²) in [5.41, 5.74) is 7.40. The summed E-state index contributed by atoms with van der Waals surface area (Å²) in [7, 11) is 2.14. The van der Waals surface area contributed by atoms with E-state index in [0.29, 0.717) is 11.7 Å². The van der Waals surface area contributed by atoms with Crippen LogP contribution in [0.3, 0.4) is 0 Å². The Kier molecular flexibility index (Phi) is 3.64. The van der Waals surface area contributed by atoms with Crippen molar-refractivity contribution in [1.82, 2.24) is 9.80 Å². The number of nitrogens with zero attached hydrogens (tertiary/aromatic N) is 2. The second kappa shape index (κ2) is 5.02. The van der Waals surface area contributed by atoms with Crippen molar-refractivity contribution >= 4 is 5.69 Å². The fourth-order valence-electron chi connectivity index (χ4n) is 2.34. The minimum atomic E-state index is -0.266. The average molecular weight is 237 g/mol. The highest BCUT2D eigenvalue weighted by atomic mass is 19.1. The third-order valence-electron chi connectivity index (χ3n) is 3.45. The van der Waals surface area contributed by atoms with Crippen LogP contribution in [0.15, 0.2) is 18.2 Å². The Balaban J connectivity index is 2.05. The van der Waals surface area contributed by atoms with Crippen LogP contribution in [0.5, 0.6) is 0 Å². The first-order valence-electron chi connectivity index (χ1n) is 6.03. The van der Waals surface area contributed by atoms with Crippen molar-refractivity contribution in [2.75, 3.05) is 32.4 Å². The predicted molar refractivity (Wildman–Crippen MR) is 68.2 cm³/mol. The Morgan fingerprint density at radius 1 is 1.41 bits per heavy atom. The van der Waals surface area contributed by atoms with Crippen LogP contribution in [0, 0.1) is 5.82 Å². The second-order valence-corrected chi connectivity index (χ2v) is 4.92. The van der Waals surface area contributed by atoms with Crippen LogP contribution in [-0.2, 0) is 6.54 Å². The summed E-state index contributed by atoms with van der Waals surface area (Å²) in [6, 6.07) is 5.18. The van der Waals surface area contributed by atoms with Crippen molar-refractivity contribution < 1.29 is 4.39 Å². The molecular formula is C13H20FN3. The molecule has 0 aromatic heterocycles. The molecule has 1 heterocycles. The van der Waals surface area contributed by atoms with Gasteiger partial charge < -0.3 is 10.6 Å². The molecule has 2 N–H and O–H groups in total. The van der Waals surface area contributed by atoms with Crippen LogP contribution >= 0.6 is 0 Å². The van der Waals surface area contributed by atoms with Gasteiger partial charge in [-0.15, -0.1) is 0 Å². The molecule has 0 bridgehead atoms. The minimum Gasteiger partial charge on any atom is -0.398 e. The molecule has 17 heavy (non-hydrogen) atoms. The fraction of sp³-hybridized carbons (Fsp3) is 0.538. The van der Waals surface area contributed by atoms with Crippen molar-refractivity contribution in [3.05, 3.63) is 29.6 Å². The lowest BCUT2D eigenvalue weighted by molar-refractivity contribution is 0.0940. The summed E-state index contributed by atoms with van der Waals surface area (Å²) in [5, 5.41) is 0. The smallest absolute Gasteiger partial charge is 0.125 e. The van der Waals surface area contributed by atoms with E-state index in [1.165, 1.54) is 12.1 Å². The molecule has 0 radical (unpaired) electrons. The van der Waals surface area contributed by atoms with E-state index in [1.807, 2.05) is 0 Å². The number of piperazine rings is 1. The lowest BCUT2D eigenvalue weighted by atomic mass is 10.1. The second-order valence-electron chi connectivity index (χ2n) is 4.92. The molecule has 0 saturated carbocycles. The molecule has 1 atom stereocenters. The highest BCUT2D eigenvalue weighted by Gasteiger charge is 2.21. The van der Waals surface area contributed by atoms with Crippen LogP contribution in [0.25, 0.3) is 0 Å². The first-order valence-corrected chi connectivity index (χ1v) is 6.03. The summed E-state index contributed by atoms with van der Waals surface area (Å²) >= 11 is 0. The van der Waals surface area contributed by atoms with Gasteiger partial charge in [0.1, 0.15) is 5.82 Å². The van der Waals surface area contributed by atoms with Crippen LogP contribution in [0.1, 0.15) is 12.5 Å². The Morgan fingerprint density at radius 3 is 2.82 bits per heavy atom. The average Bonchev–Trinajstić information content (AvgIpc) is 2.25. The zero-order valence-corrected chi connectivity index (χ0v) is 10.5. The number of rotatable bonds is 2. The predicted octanol–water partition coefficient (Wildman–Crippen LogP) is 1.54. The number of likely N-dealkylation sites (N-methyl/N-ethyl adjacent to an activating group) is 1. The zero-order chi connectivity index (χ0) is 12.4. The van der Waals surface area contributed by atoms with Crippen LogP contribution < -0.4 is 5.73 Å². The fourth-order valence-corrected chi connectivity index (χ4v) is 2.34. The topological polar surface area (TPSA) is 32.5 Å². The van der Waals surface area contributed by atoms with Gasteiger partial charge in [-0.25, -0.2) is 4.39 Å². The zero-order valence-electron chi connectivity index (χ0n) is 10.5. The molecule has 0 aliphatic carbocycles. The van der Waals surface area contributed by atoms with Crippen LogP contribution in [0.4, 0.5) is 10.1 Å². The lowest BCUT2D eigenvalue weighted by Gasteiger charge is -2.38. The quantitative estimate of drug-likeness (QED) is 0.792. The largest absolute Gasteiger partial charge is 0.398 e. The van der Waals surface area contributed by atoms with Gasteiger partial charge in [0.15, 0.2) is 0 Å². The standard InChI is InChI=1S/C13H20FN3/c1-10-8-16(2)5-6-17(10)9-11-3-4-12(14)7-13(11)15/h3-4,7,10H,5-6,8-9,15H2,1-2H3. The number of anilines is 1. The monoisotopic (exact) mass is 237 g/mol. The molecule has 1 aliphatic rings. The highest BCUT2D eigenvalue weighted by Crippen LogP contribution is 2.18. The summed E-state index contributed by atoms with van der Waals surface area (Å²) in [4.78, 5) is 4.72. The van der Waals surface area contributed by atoms with Crippen molar-refractivity contribution in [3.8, 4) is 0 Å². The van der Waals surface area contributed by atoms with E-state index in [0.717, 1.165) is 31.7 Å². The van der Waals surface area contributed by atoms with Crippen molar-refractivity contribution in [1.29, 1.82) is 0 Å². The number of benzene rings is 1. The van der Waals surface area contributed by atoms with Gasteiger partial charge in [-0.3, -0.25) is 4.90 Å². The van der Waals surface area contributed by atoms with E-state index >= 15 is 0 Å². The Morgan fingerprint density at radius 2 is 2.18 bits per heavy atom. The van der Waals surface area contributed by atoms with Gasteiger partial charge in [0.25, 0.3) is 0 Å². The molecule has 4 heteroatoms. The van der Waals surface area contributed by atoms with E-state index in [1.54, 1.807) is 6.07 Å². The molecule has 2 rings (SSSR count).